The Morgan fingerprint density at radius 3 is 2.38 bits per heavy atom. The molecule has 0 fully saturated rings. The molecular formula is C5H8NOS. The molecule has 0 amide bonds. The van der Waals surface area contributed by atoms with E-state index in [1.807, 2.05) is 14.1 Å². The molecule has 0 aliphatic rings. The highest BCUT2D eigenvalue weighted by atomic mass is 32.1. The number of carbonyl (C=O) groups excluding carboxylic acids is 1. The number of rotatable bonds is 3. The number of hydrogen-bond donors (Lipinski definition) is 0. The van der Waals surface area contributed by atoms with Crippen molar-refractivity contribution in [3.05, 3.63) is 0 Å². The Morgan fingerprint density at radius 1 is 1.75 bits per heavy atom. The molecule has 0 saturated carbocycles. The Kier molecular flexibility index (Phi) is 3.56. The average molecular weight is 130 g/mol. The lowest BCUT2D eigenvalue weighted by atomic mass is 10.4. The van der Waals surface area contributed by atoms with Crippen LogP contribution in [-0.2, 0) is 4.79 Å². The van der Waals surface area contributed by atoms with E-state index in [2.05, 4.69) is 17.6 Å². The number of nitrogens with zero attached hydrogens (tertiary/aromatic N) is 1. The van der Waals surface area contributed by atoms with Gasteiger partial charge in [0.25, 0.3) is 0 Å². The maximum absolute atomic E-state index is 10.4. The monoisotopic (exact) mass is 130 g/mol. The summed E-state index contributed by atoms with van der Waals surface area (Å²) in [5.41, 5.74) is 0. The quantitative estimate of drug-likeness (QED) is 0.501. The molecule has 0 bridgehead atoms. The molecule has 2 nitrogen and oxygen atoms in total. The maximum atomic E-state index is 10.4. The topological polar surface area (TPSA) is 20.3 Å². The first-order valence-electron chi connectivity index (χ1n) is 2.22. The zero-order valence-corrected chi connectivity index (χ0v) is 5.79. The fourth-order valence-corrected chi connectivity index (χ4v) is 0.384. The highest BCUT2D eigenvalue weighted by Gasteiger charge is 1.96. The van der Waals surface area contributed by atoms with Gasteiger partial charge in [0.15, 0.2) is 5.78 Å². The lowest BCUT2D eigenvalue weighted by Gasteiger charge is -2.02. The summed E-state index contributed by atoms with van der Waals surface area (Å²) >= 11 is 4.27. The number of thiocarbonyl (C=S) groups is 1. The highest BCUT2D eigenvalue weighted by molar-refractivity contribution is 7.80. The van der Waals surface area contributed by atoms with Crippen LogP contribution in [0.1, 0.15) is 0 Å². The molecule has 3 heteroatoms. The first-order valence-corrected chi connectivity index (χ1v) is 2.63. The van der Waals surface area contributed by atoms with Crippen molar-refractivity contribution in [2.24, 2.45) is 0 Å². The molecule has 0 aliphatic heterocycles. The van der Waals surface area contributed by atoms with Crippen molar-refractivity contribution in [3.63, 3.8) is 0 Å². The summed E-state index contributed by atoms with van der Waals surface area (Å²) in [5, 5.41) is 2.10. The third kappa shape index (κ3) is 3.89. The van der Waals surface area contributed by atoms with Gasteiger partial charge in [-0.05, 0) is 14.1 Å². The van der Waals surface area contributed by atoms with Gasteiger partial charge in [-0.15, -0.1) is 0 Å². The van der Waals surface area contributed by atoms with Gasteiger partial charge in [0, 0.05) is 0 Å². The lowest BCUT2D eigenvalue weighted by molar-refractivity contribution is -0.112. The number of Topliss-reactive ketones (excluding diaryl/α,β-unsaturated/α-hetero) is 1. The van der Waals surface area contributed by atoms with Crippen molar-refractivity contribution < 1.29 is 4.79 Å². The fraction of sp³-hybridized carbons (Fsp3) is 0.600. The molecule has 0 atom stereocenters. The summed E-state index contributed by atoms with van der Waals surface area (Å²) in [6.45, 7) is 0.365. The van der Waals surface area contributed by atoms with Gasteiger partial charge in [-0.3, -0.25) is 4.79 Å². The predicted molar refractivity (Wildman–Crippen MR) is 36.2 cm³/mol. The zero-order valence-electron chi connectivity index (χ0n) is 4.97. The summed E-state index contributed by atoms with van der Waals surface area (Å²) in [5.74, 6) is -0.134. The normalized spacial score (nSPS) is 9.38. The Hall–Kier alpha value is -0.280. The van der Waals surface area contributed by atoms with Crippen LogP contribution >= 0.6 is 12.2 Å². The first kappa shape index (κ1) is 7.72. The zero-order chi connectivity index (χ0) is 6.57. The first-order chi connectivity index (χ1) is 3.66. The fourth-order valence-electron chi connectivity index (χ4n) is 0.319. The molecule has 0 spiro atoms. The van der Waals surface area contributed by atoms with E-state index in [1.54, 1.807) is 4.90 Å². The maximum Gasteiger partial charge on any atom is 0.189 e. The SMILES string of the molecule is CN(C)CC(=O)[C]=S. The van der Waals surface area contributed by atoms with Crippen molar-refractivity contribution in [2.45, 2.75) is 0 Å². The van der Waals surface area contributed by atoms with Crippen LogP contribution in [-0.4, -0.2) is 36.7 Å². The third-order valence-electron chi connectivity index (χ3n) is 0.574. The molecule has 1 radical (unpaired) electrons. The third-order valence-corrected chi connectivity index (χ3v) is 0.801. The largest absolute Gasteiger partial charge is 0.302 e. The van der Waals surface area contributed by atoms with Crippen molar-refractivity contribution >= 4 is 23.4 Å². The second-order valence-electron chi connectivity index (χ2n) is 1.76. The van der Waals surface area contributed by atoms with Gasteiger partial charge in [0.05, 0.1) is 6.54 Å². The van der Waals surface area contributed by atoms with Gasteiger partial charge in [0.2, 0.25) is 0 Å². The minimum absolute atomic E-state index is 0.134. The summed E-state index contributed by atoms with van der Waals surface area (Å²) in [7, 11) is 3.62. The van der Waals surface area contributed by atoms with Crippen molar-refractivity contribution in [1.29, 1.82) is 0 Å². The second kappa shape index (κ2) is 3.69. The molecule has 0 aliphatic carbocycles. The highest BCUT2D eigenvalue weighted by Crippen LogP contribution is 1.73. The lowest BCUT2D eigenvalue weighted by Crippen LogP contribution is -2.21. The van der Waals surface area contributed by atoms with Gasteiger partial charge in [0.1, 0.15) is 5.37 Å². The van der Waals surface area contributed by atoms with E-state index in [0.717, 1.165) is 0 Å². The Morgan fingerprint density at radius 2 is 2.25 bits per heavy atom. The molecule has 0 heterocycles. The summed E-state index contributed by atoms with van der Waals surface area (Å²) in [6.07, 6.45) is 0. The molecule has 0 unspecified atom stereocenters. The number of ketones is 1. The van der Waals surface area contributed by atoms with Gasteiger partial charge in [-0.25, -0.2) is 0 Å². The molecule has 0 saturated heterocycles. The van der Waals surface area contributed by atoms with E-state index in [9.17, 15) is 4.79 Å². The van der Waals surface area contributed by atoms with Gasteiger partial charge >= 0.3 is 0 Å². The summed E-state index contributed by atoms with van der Waals surface area (Å²) in [6, 6.07) is 0. The molecular weight excluding hydrogens is 122 g/mol. The van der Waals surface area contributed by atoms with E-state index in [4.69, 9.17) is 0 Å². The van der Waals surface area contributed by atoms with E-state index < -0.39 is 0 Å². The number of hydrogen-bond acceptors (Lipinski definition) is 3. The van der Waals surface area contributed by atoms with E-state index >= 15 is 0 Å². The Bertz CT molecular complexity index is 101. The van der Waals surface area contributed by atoms with Gasteiger partial charge < -0.3 is 4.90 Å². The minimum atomic E-state index is -0.134. The van der Waals surface area contributed by atoms with Crippen molar-refractivity contribution in [3.8, 4) is 0 Å². The van der Waals surface area contributed by atoms with Crippen molar-refractivity contribution in [1.82, 2.24) is 4.90 Å². The average Bonchev–Trinajstić information content (AvgIpc) is 1.65. The van der Waals surface area contributed by atoms with Crippen LogP contribution < -0.4 is 0 Å². The molecule has 0 aromatic heterocycles. The van der Waals surface area contributed by atoms with Crippen LogP contribution in [0.2, 0.25) is 0 Å². The van der Waals surface area contributed by atoms with Crippen LogP contribution in [0, 0.1) is 0 Å². The van der Waals surface area contributed by atoms with Crippen LogP contribution in [0.4, 0.5) is 0 Å². The van der Waals surface area contributed by atoms with Crippen LogP contribution in [0.3, 0.4) is 0 Å². The van der Waals surface area contributed by atoms with Crippen LogP contribution in [0.15, 0.2) is 0 Å². The van der Waals surface area contributed by atoms with E-state index in [-0.39, 0.29) is 5.78 Å². The van der Waals surface area contributed by atoms with E-state index in [0.29, 0.717) is 6.54 Å². The summed E-state index contributed by atoms with van der Waals surface area (Å²) < 4.78 is 0. The molecule has 8 heavy (non-hydrogen) atoms. The minimum Gasteiger partial charge on any atom is -0.302 e. The van der Waals surface area contributed by atoms with Crippen LogP contribution in [0.5, 0.6) is 0 Å². The van der Waals surface area contributed by atoms with Crippen molar-refractivity contribution in [2.75, 3.05) is 20.6 Å². The predicted octanol–water partition coefficient (Wildman–Crippen LogP) is -0.00620. The Labute approximate surface area is 54.5 Å². The van der Waals surface area contributed by atoms with E-state index in [1.165, 1.54) is 0 Å². The molecule has 45 valence electrons. The molecule has 0 aromatic carbocycles. The second-order valence-corrected chi connectivity index (χ2v) is 1.97. The van der Waals surface area contributed by atoms with Crippen LogP contribution in [0.25, 0.3) is 0 Å². The molecule has 0 aromatic rings. The summed E-state index contributed by atoms with van der Waals surface area (Å²) in [4.78, 5) is 12.1. The smallest absolute Gasteiger partial charge is 0.189 e. The molecule has 0 N–H and O–H groups in total. The number of likely N-dealkylation sites (N-methyl/N-ethyl adjacent to an activating group) is 1. The molecule has 0 rings (SSSR count). The van der Waals surface area contributed by atoms with Gasteiger partial charge in [-0.2, -0.15) is 0 Å². The Balaban J connectivity index is 3.39. The number of carbonyl (C=O) groups is 1. The van der Waals surface area contributed by atoms with Gasteiger partial charge in [-0.1, -0.05) is 12.2 Å². The standard InChI is InChI=1S/C5H8NOS/c1-6(2)3-5(7)4-8/h3H2,1-2H3.